The summed E-state index contributed by atoms with van der Waals surface area (Å²) in [6.07, 6.45) is 1.02. The SMILES string of the molecule is CCN1CCc2c(c(-c3ccc(Cl)cc3Cl)nc3ccc4ccccc4c23)C1. The fraction of sp³-hybridized carbons (Fsp3) is 0.208. The molecule has 5 rings (SSSR count). The molecule has 0 unspecified atom stereocenters. The minimum absolute atomic E-state index is 0.643. The van der Waals surface area contributed by atoms with E-state index >= 15 is 0 Å². The van der Waals surface area contributed by atoms with Crippen molar-refractivity contribution in [2.45, 2.75) is 19.9 Å². The summed E-state index contributed by atoms with van der Waals surface area (Å²) in [4.78, 5) is 7.58. The van der Waals surface area contributed by atoms with Crippen LogP contribution in [-0.2, 0) is 13.0 Å². The number of aromatic nitrogens is 1. The van der Waals surface area contributed by atoms with E-state index in [9.17, 15) is 0 Å². The number of rotatable bonds is 2. The Hall–Kier alpha value is -2.13. The third-order valence-electron chi connectivity index (χ3n) is 5.78. The largest absolute Gasteiger partial charge is 0.299 e. The summed E-state index contributed by atoms with van der Waals surface area (Å²) in [5, 5.41) is 5.12. The lowest BCUT2D eigenvalue weighted by molar-refractivity contribution is 0.269. The van der Waals surface area contributed by atoms with Gasteiger partial charge in [-0.1, -0.05) is 60.5 Å². The Kier molecular flexibility index (Phi) is 4.51. The van der Waals surface area contributed by atoms with Crippen molar-refractivity contribution in [1.82, 2.24) is 9.88 Å². The van der Waals surface area contributed by atoms with E-state index in [1.165, 1.54) is 27.3 Å². The van der Waals surface area contributed by atoms with Crippen molar-refractivity contribution in [2.75, 3.05) is 13.1 Å². The van der Waals surface area contributed by atoms with E-state index in [4.69, 9.17) is 28.2 Å². The Morgan fingerprint density at radius 1 is 1.00 bits per heavy atom. The highest BCUT2D eigenvalue weighted by Gasteiger charge is 2.24. The number of hydrogen-bond donors (Lipinski definition) is 0. The first-order valence-electron chi connectivity index (χ1n) is 9.66. The van der Waals surface area contributed by atoms with Crippen molar-refractivity contribution in [1.29, 1.82) is 0 Å². The van der Waals surface area contributed by atoms with Crippen molar-refractivity contribution in [2.24, 2.45) is 0 Å². The lowest BCUT2D eigenvalue weighted by Gasteiger charge is -2.30. The van der Waals surface area contributed by atoms with Gasteiger partial charge in [0.2, 0.25) is 0 Å². The molecule has 0 fully saturated rings. The van der Waals surface area contributed by atoms with Gasteiger partial charge in [-0.2, -0.15) is 0 Å². The van der Waals surface area contributed by atoms with Gasteiger partial charge in [0.25, 0.3) is 0 Å². The monoisotopic (exact) mass is 406 g/mol. The summed E-state index contributed by atoms with van der Waals surface area (Å²) in [6.45, 7) is 5.20. The van der Waals surface area contributed by atoms with E-state index in [1.54, 1.807) is 6.07 Å². The molecular weight excluding hydrogens is 387 g/mol. The molecule has 28 heavy (non-hydrogen) atoms. The third kappa shape index (κ3) is 2.88. The maximum atomic E-state index is 6.58. The first-order valence-corrected chi connectivity index (χ1v) is 10.4. The van der Waals surface area contributed by atoms with Gasteiger partial charge in [0.05, 0.1) is 16.2 Å². The van der Waals surface area contributed by atoms with Gasteiger partial charge >= 0.3 is 0 Å². The lowest BCUT2D eigenvalue weighted by Crippen LogP contribution is -2.31. The molecule has 3 aromatic carbocycles. The van der Waals surface area contributed by atoms with E-state index in [0.717, 1.165) is 42.8 Å². The van der Waals surface area contributed by atoms with Crippen LogP contribution in [0.3, 0.4) is 0 Å². The van der Waals surface area contributed by atoms with E-state index in [2.05, 4.69) is 48.2 Å². The van der Waals surface area contributed by atoms with Crippen LogP contribution in [0.4, 0.5) is 0 Å². The highest BCUT2D eigenvalue weighted by atomic mass is 35.5. The van der Waals surface area contributed by atoms with Crippen LogP contribution in [0.25, 0.3) is 32.9 Å². The predicted molar refractivity (Wildman–Crippen MR) is 119 cm³/mol. The molecule has 4 aromatic rings. The molecule has 0 atom stereocenters. The quantitative estimate of drug-likeness (QED) is 0.342. The molecular formula is C24H20Cl2N2. The number of benzene rings is 3. The molecule has 1 aliphatic rings. The summed E-state index contributed by atoms with van der Waals surface area (Å²) < 4.78 is 0. The van der Waals surface area contributed by atoms with E-state index in [-0.39, 0.29) is 0 Å². The summed E-state index contributed by atoms with van der Waals surface area (Å²) in [7, 11) is 0. The van der Waals surface area contributed by atoms with Crippen molar-refractivity contribution >= 4 is 44.9 Å². The smallest absolute Gasteiger partial charge is 0.0772 e. The van der Waals surface area contributed by atoms with Crippen molar-refractivity contribution in [3.63, 3.8) is 0 Å². The van der Waals surface area contributed by atoms with Crippen LogP contribution in [-0.4, -0.2) is 23.0 Å². The average Bonchev–Trinajstić information content (AvgIpc) is 2.72. The minimum Gasteiger partial charge on any atom is -0.299 e. The van der Waals surface area contributed by atoms with Crippen LogP contribution in [0, 0.1) is 0 Å². The summed E-state index contributed by atoms with van der Waals surface area (Å²) in [6, 6.07) is 18.6. The number of likely N-dealkylation sites (N-methyl/N-ethyl adjacent to an activating group) is 1. The first kappa shape index (κ1) is 17.9. The van der Waals surface area contributed by atoms with Gasteiger partial charge < -0.3 is 0 Å². The third-order valence-corrected chi connectivity index (χ3v) is 6.33. The summed E-state index contributed by atoms with van der Waals surface area (Å²) in [5.41, 5.74) is 5.67. The Balaban J connectivity index is 1.87. The van der Waals surface area contributed by atoms with Gasteiger partial charge in [0.15, 0.2) is 0 Å². The summed E-state index contributed by atoms with van der Waals surface area (Å²) in [5.74, 6) is 0. The van der Waals surface area contributed by atoms with E-state index in [1.807, 2.05) is 12.1 Å². The molecule has 0 saturated carbocycles. The molecule has 4 heteroatoms. The number of halogens is 2. The van der Waals surface area contributed by atoms with Crippen LogP contribution in [0.5, 0.6) is 0 Å². The Labute approximate surface area is 174 Å². The lowest BCUT2D eigenvalue weighted by atomic mass is 9.89. The molecule has 0 amide bonds. The highest BCUT2D eigenvalue weighted by molar-refractivity contribution is 6.36. The Morgan fingerprint density at radius 3 is 2.68 bits per heavy atom. The molecule has 0 N–H and O–H groups in total. The Bertz CT molecular complexity index is 1220. The molecule has 0 aliphatic carbocycles. The van der Waals surface area contributed by atoms with Gasteiger partial charge in [-0.3, -0.25) is 4.90 Å². The molecule has 0 saturated heterocycles. The molecule has 0 radical (unpaired) electrons. The topological polar surface area (TPSA) is 16.1 Å². The second kappa shape index (κ2) is 7.04. The average molecular weight is 407 g/mol. The zero-order valence-corrected chi connectivity index (χ0v) is 17.2. The molecule has 1 aliphatic heterocycles. The zero-order chi connectivity index (χ0) is 19.3. The molecule has 2 heterocycles. The van der Waals surface area contributed by atoms with Crippen LogP contribution in [0.1, 0.15) is 18.1 Å². The normalized spacial score (nSPS) is 14.5. The fourth-order valence-corrected chi connectivity index (χ4v) is 4.84. The van der Waals surface area contributed by atoms with E-state index in [0.29, 0.717) is 10.0 Å². The van der Waals surface area contributed by atoms with Gasteiger partial charge in [0.1, 0.15) is 0 Å². The van der Waals surface area contributed by atoms with Crippen molar-refractivity contribution in [3.8, 4) is 11.3 Å². The van der Waals surface area contributed by atoms with Crippen molar-refractivity contribution in [3.05, 3.63) is 75.8 Å². The van der Waals surface area contributed by atoms with Crippen LogP contribution in [0.15, 0.2) is 54.6 Å². The van der Waals surface area contributed by atoms with Gasteiger partial charge in [-0.25, -0.2) is 4.98 Å². The maximum absolute atomic E-state index is 6.58. The second-order valence-corrected chi connectivity index (χ2v) is 8.18. The van der Waals surface area contributed by atoms with Gasteiger partial charge in [-0.05, 0) is 59.1 Å². The molecule has 140 valence electrons. The molecule has 1 aromatic heterocycles. The number of pyridine rings is 1. The summed E-state index contributed by atoms with van der Waals surface area (Å²) >= 11 is 12.7. The van der Waals surface area contributed by atoms with E-state index < -0.39 is 0 Å². The number of nitrogens with zero attached hydrogens (tertiary/aromatic N) is 2. The molecule has 2 nitrogen and oxygen atoms in total. The van der Waals surface area contributed by atoms with Crippen LogP contribution >= 0.6 is 23.2 Å². The fourth-order valence-electron chi connectivity index (χ4n) is 4.35. The maximum Gasteiger partial charge on any atom is 0.0772 e. The molecule has 0 spiro atoms. The predicted octanol–water partition coefficient (Wildman–Crippen LogP) is 6.74. The highest BCUT2D eigenvalue weighted by Crippen LogP contribution is 2.39. The second-order valence-electron chi connectivity index (χ2n) is 7.34. The minimum atomic E-state index is 0.643. The number of fused-ring (bicyclic) bond motifs is 5. The standard InChI is InChI=1S/C24H20Cl2N2/c1-2-28-12-11-18-20(14-28)24(19-9-8-16(25)13-21(19)26)27-22-10-7-15-5-3-4-6-17(15)23(18)22/h3-10,13H,2,11-12,14H2,1H3. The Morgan fingerprint density at radius 2 is 1.86 bits per heavy atom. The zero-order valence-electron chi connectivity index (χ0n) is 15.7. The first-order chi connectivity index (χ1) is 13.7. The van der Waals surface area contributed by atoms with Crippen molar-refractivity contribution < 1.29 is 0 Å². The van der Waals surface area contributed by atoms with Crippen LogP contribution in [0.2, 0.25) is 10.0 Å². The molecule has 0 bridgehead atoms. The van der Waals surface area contributed by atoms with Crippen LogP contribution < -0.4 is 0 Å². The van der Waals surface area contributed by atoms with Gasteiger partial charge in [0, 0.05) is 29.1 Å². The number of hydrogen-bond acceptors (Lipinski definition) is 2. The van der Waals surface area contributed by atoms with Gasteiger partial charge in [-0.15, -0.1) is 0 Å².